The van der Waals surface area contributed by atoms with E-state index in [4.69, 9.17) is 57.8 Å². The Kier molecular flexibility index (Phi) is 17.5. The molecule has 0 spiro atoms. The summed E-state index contributed by atoms with van der Waals surface area (Å²) in [7, 11) is 0. The first kappa shape index (κ1) is 50.9. The van der Waals surface area contributed by atoms with Crippen molar-refractivity contribution in [3.05, 3.63) is 12.3 Å². The van der Waals surface area contributed by atoms with Crippen LogP contribution in [0.2, 0.25) is 0 Å². The average molecular weight is 924 g/mol. The van der Waals surface area contributed by atoms with Gasteiger partial charge in [-0.15, -0.1) is 0 Å². The van der Waals surface area contributed by atoms with Crippen LogP contribution in [0.4, 0.5) is 0 Å². The van der Waals surface area contributed by atoms with Crippen molar-refractivity contribution in [2.45, 2.75) is 186 Å². The summed E-state index contributed by atoms with van der Waals surface area (Å²) in [5, 5.41) is 159. The zero-order valence-electron chi connectivity index (χ0n) is 33.9. The minimum atomic E-state index is -2.03. The van der Waals surface area contributed by atoms with Crippen molar-refractivity contribution in [3.63, 3.8) is 0 Å². The highest BCUT2D eigenvalue weighted by atomic mass is 16.8. The molecule has 17 N–H and O–H groups in total. The monoisotopic (exact) mass is 923 g/mol. The van der Waals surface area contributed by atoms with E-state index in [2.05, 4.69) is 0 Å². The summed E-state index contributed by atoms with van der Waals surface area (Å²) < 4.78 is 63.8. The quantitative estimate of drug-likeness (QED) is 0.0769. The molecule has 6 aliphatic heterocycles. The molecule has 6 heterocycles. The Morgan fingerprint density at radius 3 is 1.40 bits per heavy atom. The van der Waals surface area contributed by atoms with Crippen LogP contribution in [-0.2, 0) is 52.1 Å². The molecule has 366 valence electrons. The van der Waals surface area contributed by atoms with Crippen molar-refractivity contribution >= 4 is 0 Å². The van der Waals surface area contributed by atoms with E-state index in [-0.39, 0.29) is 0 Å². The molecule has 28 atom stereocenters. The molecule has 0 aromatic carbocycles. The summed E-state index contributed by atoms with van der Waals surface area (Å²) in [5.41, 5.74) is 6.74. The first-order valence-corrected chi connectivity index (χ1v) is 20.4. The third kappa shape index (κ3) is 10.5. The van der Waals surface area contributed by atoms with E-state index in [1.54, 1.807) is 0 Å². The number of aliphatic hydroxyl groups is 15. The molecule has 5 fully saturated rings. The standard InChI is InChI=1S/C36H61NO26/c1-9-17(43)21(47)24(50)33(54-9)60-28-15(8-41)58-32(62-30-20(46)13(6-39)56-35(26(30)52)59-27-11(42)3-4-53-14(27)7-40)16(37)29(28)61-36-31(23(49)19(45)12(5-38)57-36)63-34-25(51)22(48)18(44)10(2)55-34/h3-4,9-36,38-52H,5-8,37H2,1-2H3/t9?,10?,11?,12?,13?,14?,15?,16?,17-,18+,19+,20+,21?,22?,23?,24?,25?,26?,27-,28+,29?,30?,31?,32+,33?,34+,35+,36+/m1/s1. The Hall–Kier alpha value is -1.50. The molecule has 63 heavy (non-hydrogen) atoms. The molecular formula is C36H61NO26. The van der Waals surface area contributed by atoms with Crippen LogP contribution in [0.15, 0.2) is 12.3 Å². The molecule has 6 aliphatic rings. The highest BCUT2D eigenvalue weighted by Crippen LogP contribution is 2.37. The van der Waals surface area contributed by atoms with Gasteiger partial charge in [-0.2, -0.15) is 0 Å². The fourth-order valence-corrected chi connectivity index (χ4v) is 8.14. The smallest absolute Gasteiger partial charge is 0.187 e. The van der Waals surface area contributed by atoms with Gasteiger partial charge in [-0.05, 0) is 19.9 Å². The molecule has 0 radical (unpaired) electrons. The SMILES string of the molecule is CC1OC(O[C@H]2C(CO)O[C@@H](OC3C(O)[C@H](O[C@@H]4C(O)C=COC4CO)OC(CO)[C@@H]3O)C(N)C2O[C@@H]2OC(CO)[C@H](O)C(O)C2O[C@@H]2OC(C)[C@H](O)C(O)C2O)C(O)C(O)[C@@H]1O. The van der Waals surface area contributed by atoms with Gasteiger partial charge in [0.1, 0.15) is 122 Å². The zero-order chi connectivity index (χ0) is 46.2. The van der Waals surface area contributed by atoms with Gasteiger partial charge >= 0.3 is 0 Å². The summed E-state index contributed by atoms with van der Waals surface area (Å²) in [6.45, 7) is -0.740. The van der Waals surface area contributed by atoms with E-state index in [1.165, 1.54) is 19.9 Å². The van der Waals surface area contributed by atoms with Gasteiger partial charge in [0.15, 0.2) is 31.5 Å². The van der Waals surface area contributed by atoms with E-state index in [1.807, 2.05) is 0 Å². The van der Waals surface area contributed by atoms with Gasteiger partial charge in [0.25, 0.3) is 0 Å². The highest BCUT2D eigenvalue weighted by molar-refractivity contribution is 5.02. The lowest BCUT2D eigenvalue weighted by Crippen LogP contribution is -2.70. The van der Waals surface area contributed by atoms with Crippen molar-refractivity contribution in [2.75, 3.05) is 26.4 Å². The maximum atomic E-state index is 11.5. The second kappa shape index (κ2) is 21.6. The van der Waals surface area contributed by atoms with E-state index >= 15 is 0 Å². The molecular weight excluding hydrogens is 862 g/mol. The number of hydrogen-bond acceptors (Lipinski definition) is 27. The molecule has 27 heteroatoms. The maximum Gasteiger partial charge on any atom is 0.187 e. The molecule has 0 bridgehead atoms. The molecule has 0 aliphatic carbocycles. The van der Waals surface area contributed by atoms with Gasteiger partial charge in [-0.25, -0.2) is 0 Å². The van der Waals surface area contributed by atoms with Gasteiger partial charge in [-0.1, -0.05) is 0 Å². The minimum absolute atomic E-state index is 0.649. The summed E-state index contributed by atoms with van der Waals surface area (Å²) in [6.07, 6.45) is -43.7. The predicted octanol–water partition coefficient (Wildman–Crippen LogP) is -10.2. The zero-order valence-corrected chi connectivity index (χ0v) is 33.9. The van der Waals surface area contributed by atoms with Crippen LogP contribution in [0.1, 0.15) is 13.8 Å². The second-order valence-electron chi connectivity index (χ2n) is 16.3. The predicted molar refractivity (Wildman–Crippen MR) is 195 cm³/mol. The van der Waals surface area contributed by atoms with Crippen molar-refractivity contribution in [2.24, 2.45) is 5.73 Å². The molecule has 6 rings (SSSR count). The Balaban J connectivity index is 1.32. The van der Waals surface area contributed by atoms with Crippen LogP contribution in [0.3, 0.4) is 0 Å². The summed E-state index contributed by atoms with van der Waals surface area (Å²) in [4.78, 5) is 0. The van der Waals surface area contributed by atoms with E-state index in [9.17, 15) is 76.6 Å². The Morgan fingerprint density at radius 2 is 0.841 bits per heavy atom. The second-order valence-corrected chi connectivity index (χ2v) is 16.3. The van der Waals surface area contributed by atoms with E-state index < -0.39 is 198 Å². The maximum absolute atomic E-state index is 11.5. The minimum Gasteiger partial charge on any atom is -0.493 e. The molecule has 0 saturated carbocycles. The summed E-state index contributed by atoms with van der Waals surface area (Å²) >= 11 is 0. The Morgan fingerprint density at radius 1 is 0.397 bits per heavy atom. The van der Waals surface area contributed by atoms with E-state index in [0.717, 1.165) is 6.26 Å². The topological polar surface area (TPSA) is 431 Å². The Bertz CT molecular complexity index is 1460. The van der Waals surface area contributed by atoms with Gasteiger partial charge in [-0.3, -0.25) is 0 Å². The molecule has 27 nitrogen and oxygen atoms in total. The van der Waals surface area contributed by atoms with Gasteiger partial charge in [0.05, 0.1) is 50.9 Å². The fourth-order valence-electron chi connectivity index (χ4n) is 8.14. The van der Waals surface area contributed by atoms with Crippen LogP contribution in [-0.4, -0.2) is 275 Å². The average Bonchev–Trinajstić information content (AvgIpc) is 3.27. The summed E-state index contributed by atoms with van der Waals surface area (Å²) in [6, 6.07) is -1.74. The number of nitrogens with two attached hydrogens (primary N) is 1. The lowest BCUT2D eigenvalue weighted by Gasteiger charge is -2.51. The fraction of sp³-hybridized carbons (Fsp3) is 0.944. The molecule has 0 aromatic rings. The van der Waals surface area contributed by atoms with Gasteiger partial charge < -0.3 is 134 Å². The van der Waals surface area contributed by atoms with Crippen LogP contribution < -0.4 is 5.73 Å². The van der Waals surface area contributed by atoms with Crippen LogP contribution in [0, 0.1) is 0 Å². The van der Waals surface area contributed by atoms with Crippen LogP contribution >= 0.6 is 0 Å². The van der Waals surface area contributed by atoms with Crippen LogP contribution in [0.25, 0.3) is 0 Å². The van der Waals surface area contributed by atoms with Crippen molar-refractivity contribution in [3.8, 4) is 0 Å². The van der Waals surface area contributed by atoms with Gasteiger partial charge in [0, 0.05) is 0 Å². The normalized spacial score (nSPS) is 53.2. The lowest BCUT2D eigenvalue weighted by molar-refractivity contribution is -0.397. The highest BCUT2D eigenvalue weighted by Gasteiger charge is 2.57. The third-order valence-electron chi connectivity index (χ3n) is 12.0. The molecule has 18 unspecified atom stereocenters. The van der Waals surface area contributed by atoms with Crippen LogP contribution in [0.5, 0.6) is 0 Å². The number of hydrogen-bond donors (Lipinski definition) is 16. The van der Waals surface area contributed by atoms with Crippen molar-refractivity contribution < 1.29 is 129 Å². The molecule has 0 aromatic heterocycles. The van der Waals surface area contributed by atoms with E-state index in [0.29, 0.717) is 0 Å². The summed E-state index contributed by atoms with van der Waals surface area (Å²) in [5.74, 6) is 0. The number of rotatable bonds is 14. The molecule has 5 saturated heterocycles. The van der Waals surface area contributed by atoms with Gasteiger partial charge in [0.2, 0.25) is 0 Å². The first-order chi connectivity index (χ1) is 29.9. The lowest BCUT2D eigenvalue weighted by atomic mass is 9.94. The Labute approximate surface area is 358 Å². The van der Waals surface area contributed by atoms with Crippen molar-refractivity contribution in [1.29, 1.82) is 0 Å². The third-order valence-corrected chi connectivity index (χ3v) is 12.0. The number of aliphatic hydroxyl groups excluding tert-OH is 15. The molecule has 0 amide bonds. The van der Waals surface area contributed by atoms with Crippen molar-refractivity contribution in [1.82, 2.24) is 0 Å². The number of ether oxygens (including phenoxy) is 11. The largest absolute Gasteiger partial charge is 0.493 e. The first-order valence-electron chi connectivity index (χ1n) is 20.4.